The van der Waals surface area contributed by atoms with E-state index in [1.165, 1.54) is 6.42 Å². The maximum atomic E-state index is 14.6. The molecule has 1 saturated heterocycles. The van der Waals surface area contributed by atoms with E-state index in [0.717, 1.165) is 62.5 Å². The summed E-state index contributed by atoms with van der Waals surface area (Å²) in [4.78, 5) is 44.7. The van der Waals surface area contributed by atoms with Crippen LogP contribution in [0.15, 0.2) is 60.7 Å². The lowest BCUT2D eigenvalue weighted by Crippen LogP contribution is -2.58. The number of methoxy groups -OCH3 is 1. The Morgan fingerprint density at radius 2 is 1.55 bits per heavy atom. The quantitative estimate of drug-likeness (QED) is 0.0475. The molecule has 1 aliphatic heterocycles. The first-order valence-electron chi connectivity index (χ1n) is 23.7. The number of nitrogens with one attached hydrogen (secondary N) is 4. The average Bonchev–Trinajstić information content (AvgIpc) is 3.28. The summed E-state index contributed by atoms with van der Waals surface area (Å²) in [6.07, 6.45) is 9.75. The van der Waals surface area contributed by atoms with Crippen LogP contribution in [0.1, 0.15) is 123 Å². The van der Waals surface area contributed by atoms with E-state index >= 15 is 0 Å². The minimum atomic E-state index is -0.929. The largest absolute Gasteiger partial charge is 0.391 e. The predicted molar refractivity (Wildman–Crippen MR) is 246 cm³/mol. The molecule has 3 amide bonds. The van der Waals surface area contributed by atoms with Crippen LogP contribution < -0.4 is 21.3 Å². The normalized spacial score (nSPS) is 17.9. The minimum absolute atomic E-state index is 0.0207. The van der Waals surface area contributed by atoms with Crippen LogP contribution in [-0.4, -0.2) is 110 Å². The van der Waals surface area contributed by atoms with E-state index in [9.17, 15) is 19.5 Å². The van der Waals surface area contributed by atoms with E-state index in [2.05, 4.69) is 42.0 Å². The van der Waals surface area contributed by atoms with Gasteiger partial charge in [-0.05, 0) is 75.3 Å². The van der Waals surface area contributed by atoms with Crippen LogP contribution in [0.3, 0.4) is 0 Å². The Morgan fingerprint density at radius 3 is 2.18 bits per heavy atom. The first kappa shape index (κ1) is 51.2. The third kappa shape index (κ3) is 18.4. The molecule has 2 aromatic carbocycles. The second-order valence-corrected chi connectivity index (χ2v) is 18.8. The number of aliphatic hydroxyl groups excluding tert-OH is 1. The van der Waals surface area contributed by atoms with Gasteiger partial charge < -0.3 is 40.2 Å². The second-order valence-electron chi connectivity index (χ2n) is 18.8. The zero-order chi connectivity index (χ0) is 44.7. The molecule has 2 aliphatic rings. The number of ether oxygens (including phenoxy) is 3. The van der Waals surface area contributed by atoms with E-state index in [4.69, 9.17) is 14.2 Å². The van der Waals surface area contributed by atoms with Gasteiger partial charge in [-0.25, -0.2) is 0 Å². The fourth-order valence-corrected chi connectivity index (χ4v) is 8.85. The van der Waals surface area contributed by atoms with Crippen LogP contribution in [0.2, 0.25) is 0 Å². The highest BCUT2D eigenvalue weighted by Gasteiger charge is 2.36. The molecule has 0 spiro atoms. The molecule has 12 nitrogen and oxygen atoms in total. The van der Waals surface area contributed by atoms with E-state index in [1.54, 1.807) is 7.11 Å². The van der Waals surface area contributed by atoms with Crippen LogP contribution in [0, 0.1) is 17.8 Å². The molecule has 12 heteroatoms. The Balaban J connectivity index is 1.43. The lowest BCUT2D eigenvalue weighted by Gasteiger charge is -2.36. The third-order valence-electron chi connectivity index (χ3n) is 12.7. The first-order chi connectivity index (χ1) is 29.9. The molecule has 2 aromatic rings. The molecule has 1 aliphatic carbocycles. The van der Waals surface area contributed by atoms with Crippen molar-refractivity contribution < 1.29 is 33.7 Å². The Labute approximate surface area is 373 Å². The van der Waals surface area contributed by atoms with Gasteiger partial charge in [-0.1, -0.05) is 126 Å². The summed E-state index contributed by atoms with van der Waals surface area (Å²) in [5, 5.41) is 25.6. The Morgan fingerprint density at radius 1 is 0.887 bits per heavy atom. The molecule has 5 N–H and O–H groups in total. The van der Waals surface area contributed by atoms with Gasteiger partial charge in [-0.2, -0.15) is 0 Å². The lowest BCUT2D eigenvalue weighted by molar-refractivity contribution is -0.139. The molecule has 5 atom stereocenters. The van der Waals surface area contributed by atoms with Crippen molar-refractivity contribution in [1.82, 2.24) is 26.2 Å². The molecular formula is C50H81N5O7. The van der Waals surface area contributed by atoms with Gasteiger partial charge in [0.1, 0.15) is 6.79 Å². The maximum Gasteiger partial charge on any atom is 0.240 e. The zero-order valence-electron chi connectivity index (χ0n) is 38.9. The molecule has 0 unspecified atom stereocenters. The molecule has 2 fully saturated rings. The number of likely N-dealkylation sites (tertiary alicyclic amines) is 1. The molecular weight excluding hydrogens is 783 g/mol. The maximum absolute atomic E-state index is 14.6. The number of amides is 3. The Bertz CT molecular complexity index is 1550. The number of hydrogen-bond acceptors (Lipinski definition) is 9. The van der Waals surface area contributed by atoms with Crippen LogP contribution in [0.5, 0.6) is 0 Å². The van der Waals surface area contributed by atoms with Crippen molar-refractivity contribution >= 4 is 17.7 Å². The number of unbranched alkanes of at least 4 members (excludes halogenated alkanes) is 1. The molecule has 62 heavy (non-hydrogen) atoms. The van der Waals surface area contributed by atoms with Gasteiger partial charge in [-0.15, -0.1) is 0 Å². The summed E-state index contributed by atoms with van der Waals surface area (Å²) in [5.41, 5.74) is 1.77. The van der Waals surface area contributed by atoms with Gasteiger partial charge in [-0.3, -0.25) is 19.7 Å². The topological polar surface area (TPSA) is 150 Å². The van der Waals surface area contributed by atoms with Crippen molar-refractivity contribution in [2.45, 2.75) is 161 Å². The van der Waals surface area contributed by atoms with Gasteiger partial charge >= 0.3 is 0 Å². The number of hydrogen-bond donors (Lipinski definition) is 5. The van der Waals surface area contributed by atoms with Crippen molar-refractivity contribution in [2.24, 2.45) is 17.8 Å². The number of nitrogens with zero attached hydrogens (tertiary/aromatic N) is 1. The van der Waals surface area contributed by atoms with Crippen molar-refractivity contribution in [3.63, 3.8) is 0 Å². The van der Waals surface area contributed by atoms with Gasteiger partial charge in [0.25, 0.3) is 0 Å². The van der Waals surface area contributed by atoms with Crippen molar-refractivity contribution in [2.75, 3.05) is 46.7 Å². The fourth-order valence-electron chi connectivity index (χ4n) is 8.85. The number of rotatable bonds is 28. The summed E-state index contributed by atoms with van der Waals surface area (Å²) in [7, 11) is 1.61. The van der Waals surface area contributed by atoms with Crippen LogP contribution in [0.25, 0.3) is 0 Å². The highest BCUT2D eigenvalue weighted by Crippen LogP contribution is 2.30. The summed E-state index contributed by atoms with van der Waals surface area (Å²) < 4.78 is 16.7. The highest BCUT2D eigenvalue weighted by molar-refractivity contribution is 5.86. The van der Waals surface area contributed by atoms with Gasteiger partial charge in [0.2, 0.25) is 17.7 Å². The van der Waals surface area contributed by atoms with Crippen LogP contribution in [-0.2, 0) is 41.6 Å². The van der Waals surface area contributed by atoms with Crippen LogP contribution >= 0.6 is 0 Å². The number of carbonyl (C=O) groups is 3. The van der Waals surface area contributed by atoms with Gasteiger partial charge in [0.15, 0.2) is 0 Å². The average molecular weight is 864 g/mol. The van der Waals surface area contributed by atoms with Crippen molar-refractivity contribution in [1.29, 1.82) is 0 Å². The molecule has 1 saturated carbocycles. The molecule has 0 bridgehead atoms. The Kier molecular flexibility index (Phi) is 22.9. The third-order valence-corrected chi connectivity index (χ3v) is 12.7. The molecule has 1 heterocycles. The van der Waals surface area contributed by atoms with E-state index in [-0.39, 0.29) is 48.5 Å². The fraction of sp³-hybridized carbons (Fsp3) is 0.700. The minimum Gasteiger partial charge on any atom is -0.391 e. The summed E-state index contributed by atoms with van der Waals surface area (Å²) in [6, 6.07) is 18.2. The molecule has 0 radical (unpaired) electrons. The van der Waals surface area contributed by atoms with E-state index in [0.29, 0.717) is 64.6 Å². The number of benzene rings is 2. The Hall–Kier alpha value is -3.39. The van der Waals surface area contributed by atoms with Crippen molar-refractivity contribution in [3.8, 4) is 0 Å². The smallest absolute Gasteiger partial charge is 0.240 e. The monoisotopic (exact) mass is 864 g/mol. The lowest BCUT2D eigenvalue weighted by atomic mass is 9.81. The number of piperidine rings is 1. The van der Waals surface area contributed by atoms with Crippen LogP contribution in [0.4, 0.5) is 0 Å². The molecule has 4 rings (SSSR count). The second kappa shape index (κ2) is 27.7. The van der Waals surface area contributed by atoms with Gasteiger partial charge in [0, 0.05) is 44.7 Å². The first-order valence-corrected chi connectivity index (χ1v) is 23.7. The van der Waals surface area contributed by atoms with E-state index in [1.807, 2.05) is 79.4 Å². The molecule has 348 valence electrons. The molecule has 0 aromatic heterocycles. The number of aliphatic hydroxyl groups is 1. The van der Waals surface area contributed by atoms with Gasteiger partial charge in [0.05, 0.1) is 43.5 Å². The zero-order valence-corrected chi connectivity index (χ0v) is 38.9. The summed E-state index contributed by atoms with van der Waals surface area (Å²) >= 11 is 0. The standard InChI is InChI=1S/C50H81N5O7/c1-7-8-24-43(53-45(32-39-20-14-10-15-21-39)49(59)55-28-25-41(26-29-55)62-36-60-6)48(58)54-44(31-38-18-12-9-13-19-38)46(56)33-42(37(2)3)47(57)51-35-50(4,5)52-27-30-61-34-40-22-16-11-17-23-40/h10-11,14-17,20-23,37-38,41-46,52-53,56H,7-9,12-13,18-19,24-36H2,1-6H3,(H,51,57)(H,54,58)/t42-,43-,44-,45-,46-/m0/s1. The predicted octanol–water partition coefficient (Wildman–Crippen LogP) is 6.54. The van der Waals surface area contributed by atoms with E-state index < -0.39 is 30.1 Å². The summed E-state index contributed by atoms with van der Waals surface area (Å²) in [6.45, 7) is 13.8. The SMILES string of the molecule is CCCC[C@H](N[C@@H](Cc1ccccc1)C(=O)N1CCC(OCOC)CC1)C(=O)N[C@@H](CC1CCCCC1)[C@@H](O)C[C@H](C(=O)NCC(C)(C)NCCOCc1ccccc1)C(C)C. The summed E-state index contributed by atoms with van der Waals surface area (Å²) in [5.74, 6) is -0.431. The number of carbonyl (C=O) groups excluding carboxylic acids is 3. The highest BCUT2D eigenvalue weighted by atomic mass is 16.7. The van der Waals surface area contributed by atoms with Crippen molar-refractivity contribution in [3.05, 3.63) is 71.8 Å².